The molecule has 0 radical (unpaired) electrons. The molecule has 0 aromatic carbocycles. The highest BCUT2D eigenvalue weighted by molar-refractivity contribution is 7.80. The predicted molar refractivity (Wildman–Crippen MR) is 65.1 cm³/mol. The Kier molecular flexibility index (Phi) is 6.68. The van der Waals surface area contributed by atoms with Gasteiger partial charge in [-0.3, -0.25) is 0 Å². The first kappa shape index (κ1) is 12.7. The molecule has 0 aromatic heterocycles. The third kappa shape index (κ3) is 5.95. The summed E-state index contributed by atoms with van der Waals surface area (Å²) in [6, 6.07) is 0.526. The molecule has 0 unspecified atom stereocenters. The molecule has 0 heterocycles. The van der Waals surface area contributed by atoms with Gasteiger partial charge in [-0.25, -0.2) is 0 Å². The van der Waals surface area contributed by atoms with Crippen molar-refractivity contribution < 1.29 is 9.47 Å². The fourth-order valence-corrected chi connectivity index (χ4v) is 2.04. The molecule has 0 spiro atoms. The number of hydrogen-bond acceptors (Lipinski definition) is 3. The second kappa shape index (κ2) is 7.88. The number of rotatable bonds is 5. The molecule has 1 aliphatic carbocycles. The van der Waals surface area contributed by atoms with E-state index in [1.165, 1.54) is 32.1 Å². The summed E-state index contributed by atoms with van der Waals surface area (Å²) in [7, 11) is 0. The second-order valence-electron chi connectivity index (χ2n) is 3.81. The molecule has 15 heavy (non-hydrogen) atoms. The zero-order valence-corrected chi connectivity index (χ0v) is 10.3. The summed E-state index contributed by atoms with van der Waals surface area (Å²) in [5.41, 5.74) is 0. The molecule has 0 amide bonds. The first-order chi connectivity index (χ1) is 7.33. The normalized spacial score (nSPS) is 17.4. The minimum atomic E-state index is 0.526. The van der Waals surface area contributed by atoms with Crippen molar-refractivity contribution in [2.45, 2.75) is 45.1 Å². The Morgan fingerprint density at radius 3 is 2.67 bits per heavy atom. The van der Waals surface area contributed by atoms with E-state index in [4.69, 9.17) is 21.7 Å². The zero-order chi connectivity index (χ0) is 10.9. The summed E-state index contributed by atoms with van der Waals surface area (Å²) in [6.07, 6.45) is 6.40. The average molecular weight is 231 g/mol. The van der Waals surface area contributed by atoms with Gasteiger partial charge in [-0.1, -0.05) is 19.3 Å². The number of hydrogen-bond donors (Lipinski definition) is 1. The van der Waals surface area contributed by atoms with E-state index in [9.17, 15) is 0 Å². The number of ether oxygens (including phenoxy) is 2. The summed E-state index contributed by atoms with van der Waals surface area (Å²) in [6.45, 7) is 3.86. The van der Waals surface area contributed by atoms with Crippen molar-refractivity contribution in [3.05, 3.63) is 0 Å². The Morgan fingerprint density at radius 1 is 1.27 bits per heavy atom. The minimum absolute atomic E-state index is 0.526. The largest absolute Gasteiger partial charge is 0.469 e. The zero-order valence-electron chi connectivity index (χ0n) is 9.46. The average Bonchev–Trinajstić information content (AvgIpc) is 2.26. The maximum absolute atomic E-state index is 5.34. The third-order valence-corrected chi connectivity index (χ3v) is 2.83. The van der Waals surface area contributed by atoms with Crippen molar-refractivity contribution in [1.29, 1.82) is 0 Å². The molecule has 0 aromatic rings. The van der Waals surface area contributed by atoms with Gasteiger partial charge in [-0.2, -0.15) is 0 Å². The van der Waals surface area contributed by atoms with Crippen LogP contribution in [0.3, 0.4) is 0 Å². The lowest BCUT2D eigenvalue weighted by molar-refractivity contribution is 0.105. The molecule has 3 nitrogen and oxygen atoms in total. The Bertz CT molecular complexity index is 181. The molecule has 1 fully saturated rings. The lowest BCUT2D eigenvalue weighted by Gasteiger charge is -2.23. The van der Waals surface area contributed by atoms with Crippen LogP contribution in [0, 0.1) is 0 Å². The van der Waals surface area contributed by atoms with Crippen LogP contribution >= 0.6 is 12.2 Å². The van der Waals surface area contributed by atoms with Crippen LogP contribution in [-0.2, 0) is 9.47 Å². The maximum atomic E-state index is 5.34. The van der Waals surface area contributed by atoms with E-state index in [-0.39, 0.29) is 0 Å². The molecule has 1 rings (SSSR count). The molecule has 4 heteroatoms. The maximum Gasteiger partial charge on any atom is 0.256 e. The van der Waals surface area contributed by atoms with Crippen LogP contribution in [0.15, 0.2) is 0 Å². The molecule has 1 N–H and O–H groups in total. The van der Waals surface area contributed by atoms with Gasteiger partial charge >= 0.3 is 0 Å². The monoisotopic (exact) mass is 231 g/mol. The van der Waals surface area contributed by atoms with Gasteiger partial charge in [-0.15, -0.1) is 0 Å². The van der Waals surface area contributed by atoms with E-state index in [0.29, 0.717) is 24.4 Å². The van der Waals surface area contributed by atoms with E-state index in [2.05, 4.69) is 5.32 Å². The molecule has 1 aliphatic rings. The first-order valence-electron chi connectivity index (χ1n) is 5.84. The summed E-state index contributed by atoms with van der Waals surface area (Å²) < 4.78 is 10.5. The molecule has 88 valence electrons. The molecule has 0 atom stereocenters. The van der Waals surface area contributed by atoms with Crippen LogP contribution in [0.2, 0.25) is 0 Å². The highest BCUT2D eigenvalue weighted by Gasteiger charge is 2.14. The number of thiocarbonyl (C=S) groups is 1. The smallest absolute Gasteiger partial charge is 0.256 e. The Morgan fingerprint density at radius 2 is 2.00 bits per heavy atom. The van der Waals surface area contributed by atoms with Gasteiger partial charge < -0.3 is 14.8 Å². The van der Waals surface area contributed by atoms with Crippen molar-refractivity contribution >= 4 is 17.4 Å². The quantitative estimate of drug-likeness (QED) is 0.581. The van der Waals surface area contributed by atoms with Gasteiger partial charge in [0.05, 0.1) is 6.61 Å². The molecular formula is C11H21NO2S. The van der Waals surface area contributed by atoms with Crippen molar-refractivity contribution in [1.82, 2.24) is 5.32 Å². The van der Waals surface area contributed by atoms with Crippen LogP contribution in [0.1, 0.15) is 39.0 Å². The highest BCUT2D eigenvalue weighted by atomic mass is 32.1. The molecule has 0 aliphatic heterocycles. The van der Waals surface area contributed by atoms with Gasteiger partial charge in [-0.05, 0) is 32.0 Å². The van der Waals surface area contributed by atoms with Crippen molar-refractivity contribution in [2.75, 3.05) is 19.8 Å². The van der Waals surface area contributed by atoms with Gasteiger partial charge in [0.1, 0.15) is 6.61 Å². The Labute approximate surface area is 97.5 Å². The SMILES string of the molecule is CCOCCOC(=S)NC1CCCCC1. The summed E-state index contributed by atoms with van der Waals surface area (Å²) in [4.78, 5) is 0. The van der Waals surface area contributed by atoms with Crippen LogP contribution in [0.25, 0.3) is 0 Å². The third-order valence-electron chi connectivity index (χ3n) is 2.59. The first-order valence-corrected chi connectivity index (χ1v) is 6.24. The Hall–Kier alpha value is -0.350. The molecule has 0 saturated heterocycles. The molecular weight excluding hydrogens is 210 g/mol. The lowest BCUT2D eigenvalue weighted by atomic mass is 9.96. The Balaban J connectivity index is 2.01. The summed E-state index contributed by atoms with van der Waals surface area (Å²) >= 11 is 5.10. The van der Waals surface area contributed by atoms with Crippen molar-refractivity contribution in [2.24, 2.45) is 0 Å². The van der Waals surface area contributed by atoms with E-state index >= 15 is 0 Å². The van der Waals surface area contributed by atoms with Crippen molar-refractivity contribution in [3.63, 3.8) is 0 Å². The van der Waals surface area contributed by atoms with Gasteiger partial charge in [0.2, 0.25) is 0 Å². The fourth-order valence-electron chi connectivity index (χ4n) is 1.79. The molecule has 1 saturated carbocycles. The van der Waals surface area contributed by atoms with E-state index in [1.54, 1.807) is 0 Å². The standard InChI is InChI=1S/C11H21NO2S/c1-2-13-8-9-14-11(15)12-10-6-4-3-5-7-10/h10H,2-9H2,1H3,(H,12,15). The summed E-state index contributed by atoms with van der Waals surface area (Å²) in [5.74, 6) is 0. The van der Waals surface area contributed by atoms with Gasteiger partial charge in [0, 0.05) is 12.6 Å². The van der Waals surface area contributed by atoms with E-state index in [1.807, 2.05) is 6.92 Å². The second-order valence-corrected chi connectivity index (χ2v) is 4.18. The van der Waals surface area contributed by atoms with Crippen LogP contribution in [0.4, 0.5) is 0 Å². The predicted octanol–water partition coefficient (Wildman–Crippen LogP) is 2.25. The lowest BCUT2D eigenvalue weighted by Crippen LogP contribution is -2.36. The van der Waals surface area contributed by atoms with Crippen LogP contribution in [-0.4, -0.2) is 31.0 Å². The number of nitrogens with one attached hydrogen (secondary N) is 1. The molecule has 0 bridgehead atoms. The summed E-state index contributed by atoms with van der Waals surface area (Å²) in [5, 5.41) is 3.78. The van der Waals surface area contributed by atoms with Crippen LogP contribution < -0.4 is 5.32 Å². The topological polar surface area (TPSA) is 30.5 Å². The van der Waals surface area contributed by atoms with E-state index in [0.717, 1.165) is 6.61 Å². The van der Waals surface area contributed by atoms with Crippen LogP contribution in [0.5, 0.6) is 0 Å². The van der Waals surface area contributed by atoms with Gasteiger partial charge in [0.25, 0.3) is 5.17 Å². The van der Waals surface area contributed by atoms with Crippen molar-refractivity contribution in [3.8, 4) is 0 Å². The van der Waals surface area contributed by atoms with Gasteiger partial charge in [0.15, 0.2) is 0 Å². The van der Waals surface area contributed by atoms with E-state index < -0.39 is 0 Å². The fraction of sp³-hybridized carbons (Fsp3) is 0.909. The minimum Gasteiger partial charge on any atom is -0.469 e. The highest BCUT2D eigenvalue weighted by Crippen LogP contribution is 2.17.